The Balaban J connectivity index is 2.75. The molecule has 0 atom stereocenters. The molecule has 0 spiro atoms. The minimum absolute atomic E-state index is 0.709. The molecule has 0 unspecified atom stereocenters. The number of ether oxygens (including phenoxy) is 1. The van der Waals surface area contributed by atoms with E-state index in [2.05, 4.69) is 43.8 Å². The number of para-hydroxylation sites is 1. The lowest BCUT2D eigenvalue weighted by Gasteiger charge is -2.26. The smallest absolute Gasteiger partial charge is 0.144 e. The van der Waals surface area contributed by atoms with Crippen LogP contribution in [0.3, 0.4) is 0 Å². The maximum Gasteiger partial charge on any atom is 0.144 e. The standard InChI is InChI=1S/C16H29N3O/c1-5-13-20-15-10-7-9-14(16(15)17)19(6-2)12-8-11-18(3)4/h7,9-10H,5-6,8,11-13,17H2,1-4H3. The molecule has 4 nitrogen and oxygen atoms in total. The Kier molecular flexibility index (Phi) is 7.23. The van der Waals surface area contributed by atoms with Gasteiger partial charge in [0.05, 0.1) is 18.0 Å². The number of hydrogen-bond acceptors (Lipinski definition) is 4. The van der Waals surface area contributed by atoms with Gasteiger partial charge in [0.15, 0.2) is 0 Å². The van der Waals surface area contributed by atoms with Crippen molar-refractivity contribution in [3.05, 3.63) is 18.2 Å². The molecule has 20 heavy (non-hydrogen) atoms. The van der Waals surface area contributed by atoms with Crippen LogP contribution in [0.1, 0.15) is 26.7 Å². The lowest BCUT2D eigenvalue weighted by atomic mass is 10.2. The van der Waals surface area contributed by atoms with Gasteiger partial charge >= 0.3 is 0 Å². The second kappa shape index (κ2) is 8.69. The summed E-state index contributed by atoms with van der Waals surface area (Å²) in [7, 11) is 4.20. The van der Waals surface area contributed by atoms with E-state index in [4.69, 9.17) is 10.5 Å². The average Bonchev–Trinajstić information content (AvgIpc) is 2.43. The van der Waals surface area contributed by atoms with Crippen molar-refractivity contribution in [2.45, 2.75) is 26.7 Å². The van der Waals surface area contributed by atoms with Gasteiger partial charge < -0.3 is 20.3 Å². The largest absolute Gasteiger partial charge is 0.491 e. The SMILES string of the molecule is CCCOc1cccc(N(CC)CCCN(C)C)c1N. The lowest BCUT2D eigenvalue weighted by molar-refractivity contribution is 0.319. The molecule has 4 heteroatoms. The van der Waals surface area contributed by atoms with Crippen LogP contribution in [0, 0.1) is 0 Å². The first kappa shape index (κ1) is 16.6. The third-order valence-electron chi connectivity index (χ3n) is 3.26. The fourth-order valence-corrected chi connectivity index (χ4v) is 2.17. The van der Waals surface area contributed by atoms with E-state index in [9.17, 15) is 0 Å². The van der Waals surface area contributed by atoms with Gasteiger partial charge in [0, 0.05) is 13.1 Å². The maximum atomic E-state index is 6.26. The van der Waals surface area contributed by atoms with Gasteiger partial charge in [-0.1, -0.05) is 13.0 Å². The van der Waals surface area contributed by atoms with Crippen molar-refractivity contribution in [1.82, 2.24) is 4.90 Å². The molecular formula is C16H29N3O. The topological polar surface area (TPSA) is 41.7 Å². The Morgan fingerprint density at radius 1 is 1.15 bits per heavy atom. The monoisotopic (exact) mass is 279 g/mol. The van der Waals surface area contributed by atoms with Crippen molar-refractivity contribution in [3.8, 4) is 5.75 Å². The molecule has 0 aliphatic rings. The second-order valence-electron chi connectivity index (χ2n) is 5.27. The van der Waals surface area contributed by atoms with E-state index >= 15 is 0 Å². The summed E-state index contributed by atoms with van der Waals surface area (Å²) in [5.74, 6) is 0.801. The van der Waals surface area contributed by atoms with E-state index in [1.54, 1.807) is 0 Å². The highest BCUT2D eigenvalue weighted by Gasteiger charge is 2.11. The highest BCUT2D eigenvalue weighted by atomic mass is 16.5. The van der Waals surface area contributed by atoms with Gasteiger partial charge in [-0.3, -0.25) is 0 Å². The first-order chi connectivity index (χ1) is 9.60. The van der Waals surface area contributed by atoms with Crippen LogP contribution in [-0.2, 0) is 0 Å². The first-order valence-corrected chi connectivity index (χ1v) is 7.51. The van der Waals surface area contributed by atoms with Gasteiger partial charge in [0.2, 0.25) is 0 Å². The highest BCUT2D eigenvalue weighted by molar-refractivity contribution is 5.74. The molecule has 0 fully saturated rings. The summed E-state index contributed by atoms with van der Waals surface area (Å²) in [6.07, 6.45) is 2.12. The van der Waals surface area contributed by atoms with Crippen LogP contribution >= 0.6 is 0 Å². The van der Waals surface area contributed by atoms with Crippen molar-refractivity contribution in [2.24, 2.45) is 0 Å². The summed E-state index contributed by atoms with van der Waals surface area (Å²) in [6, 6.07) is 6.04. The molecule has 0 heterocycles. The Hall–Kier alpha value is -1.42. The summed E-state index contributed by atoms with van der Waals surface area (Å²) in [5.41, 5.74) is 8.10. The highest BCUT2D eigenvalue weighted by Crippen LogP contribution is 2.32. The average molecular weight is 279 g/mol. The number of hydrogen-bond donors (Lipinski definition) is 1. The number of nitrogens with two attached hydrogens (primary N) is 1. The molecule has 0 amide bonds. The normalized spacial score (nSPS) is 10.8. The number of nitrogens with zero attached hydrogens (tertiary/aromatic N) is 2. The zero-order chi connectivity index (χ0) is 15.0. The van der Waals surface area contributed by atoms with Gasteiger partial charge in [0.1, 0.15) is 5.75 Å². The van der Waals surface area contributed by atoms with E-state index in [1.165, 1.54) is 0 Å². The minimum Gasteiger partial charge on any atom is -0.491 e. The Labute approximate surface area is 123 Å². The zero-order valence-corrected chi connectivity index (χ0v) is 13.4. The number of nitrogen functional groups attached to an aromatic ring is 1. The molecule has 0 saturated carbocycles. The first-order valence-electron chi connectivity index (χ1n) is 7.51. The third-order valence-corrected chi connectivity index (χ3v) is 3.26. The zero-order valence-electron chi connectivity index (χ0n) is 13.4. The van der Waals surface area contributed by atoms with Crippen molar-refractivity contribution in [3.63, 3.8) is 0 Å². The lowest BCUT2D eigenvalue weighted by Crippen LogP contribution is -2.27. The molecule has 114 valence electrons. The molecule has 0 aromatic heterocycles. The molecule has 2 N–H and O–H groups in total. The summed E-state index contributed by atoms with van der Waals surface area (Å²) in [5, 5.41) is 0. The van der Waals surface area contributed by atoms with E-state index in [0.717, 1.165) is 49.6 Å². The fraction of sp³-hybridized carbons (Fsp3) is 0.625. The summed E-state index contributed by atoms with van der Waals surface area (Å²) in [4.78, 5) is 4.52. The van der Waals surface area contributed by atoms with E-state index < -0.39 is 0 Å². The molecule has 1 rings (SSSR count). The van der Waals surface area contributed by atoms with Crippen LogP contribution in [0.4, 0.5) is 11.4 Å². The van der Waals surface area contributed by atoms with Gasteiger partial charge in [-0.05, 0) is 52.5 Å². The quantitative estimate of drug-likeness (QED) is 0.706. The van der Waals surface area contributed by atoms with E-state index in [1.807, 2.05) is 12.1 Å². The van der Waals surface area contributed by atoms with E-state index in [0.29, 0.717) is 6.61 Å². The Bertz CT molecular complexity index is 393. The van der Waals surface area contributed by atoms with Crippen LogP contribution < -0.4 is 15.4 Å². The van der Waals surface area contributed by atoms with Crippen LogP contribution in [0.15, 0.2) is 18.2 Å². The van der Waals surface area contributed by atoms with Gasteiger partial charge in [0.25, 0.3) is 0 Å². The molecule has 0 aliphatic heterocycles. The summed E-state index contributed by atoms with van der Waals surface area (Å²) in [6.45, 7) is 8.02. The fourth-order valence-electron chi connectivity index (χ4n) is 2.17. The van der Waals surface area contributed by atoms with Crippen molar-refractivity contribution >= 4 is 11.4 Å². The Morgan fingerprint density at radius 3 is 2.50 bits per heavy atom. The van der Waals surface area contributed by atoms with Crippen LogP contribution in [0.2, 0.25) is 0 Å². The summed E-state index contributed by atoms with van der Waals surface area (Å²) >= 11 is 0. The molecule has 0 radical (unpaired) electrons. The predicted molar refractivity (Wildman–Crippen MR) is 87.7 cm³/mol. The number of anilines is 2. The molecule has 1 aromatic rings. The van der Waals surface area contributed by atoms with Crippen molar-refractivity contribution in [1.29, 1.82) is 0 Å². The van der Waals surface area contributed by atoms with E-state index in [-0.39, 0.29) is 0 Å². The van der Waals surface area contributed by atoms with Crippen LogP contribution in [0.5, 0.6) is 5.75 Å². The van der Waals surface area contributed by atoms with Gasteiger partial charge in [-0.15, -0.1) is 0 Å². The predicted octanol–water partition coefficient (Wildman–Crippen LogP) is 2.84. The maximum absolute atomic E-state index is 6.26. The van der Waals surface area contributed by atoms with Crippen LogP contribution in [-0.4, -0.2) is 45.2 Å². The molecule has 0 saturated heterocycles. The molecule has 1 aromatic carbocycles. The van der Waals surface area contributed by atoms with Gasteiger partial charge in [-0.2, -0.15) is 0 Å². The van der Waals surface area contributed by atoms with Crippen molar-refractivity contribution < 1.29 is 4.74 Å². The minimum atomic E-state index is 0.709. The third kappa shape index (κ3) is 4.93. The molecule has 0 aliphatic carbocycles. The number of rotatable bonds is 9. The Morgan fingerprint density at radius 2 is 1.90 bits per heavy atom. The summed E-state index contributed by atoms with van der Waals surface area (Å²) < 4.78 is 5.70. The molecular weight excluding hydrogens is 250 g/mol. The second-order valence-corrected chi connectivity index (χ2v) is 5.27. The van der Waals surface area contributed by atoms with Crippen molar-refractivity contribution in [2.75, 3.05) is 51.0 Å². The molecule has 0 bridgehead atoms. The number of benzene rings is 1. The van der Waals surface area contributed by atoms with Gasteiger partial charge in [-0.25, -0.2) is 0 Å². The van der Waals surface area contributed by atoms with Crippen LogP contribution in [0.25, 0.3) is 0 Å².